The average Bonchev–Trinajstić information content (AvgIpc) is 2.35. The van der Waals surface area contributed by atoms with Gasteiger partial charge in [-0.1, -0.05) is 24.3 Å². The van der Waals surface area contributed by atoms with Gasteiger partial charge in [0.2, 0.25) is 0 Å². The molecule has 1 N–H and O–H groups in total. The van der Waals surface area contributed by atoms with E-state index in [9.17, 15) is 9.46 Å². The summed E-state index contributed by atoms with van der Waals surface area (Å²) < 4.78 is 17.7. The summed E-state index contributed by atoms with van der Waals surface area (Å²) in [6.45, 7) is 3.58. The molecule has 2 aromatic rings. The predicted octanol–water partition coefficient (Wildman–Crippen LogP) is 3.48. The summed E-state index contributed by atoms with van der Waals surface area (Å²) >= 11 is 4.26. The van der Waals surface area contributed by atoms with Crippen molar-refractivity contribution < 1.29 is 14.0 Å². The average molecular weight is 294 g/mol. The molecule has 5 heteroatoms. The molecule has 0 bridgehead atoms. The maximum absolute atomic E-state index is 12.4. The molecule has 0 aliphatic heterocycles. The number of thiol groups is 1. The highest BCUT2D eigenvalue weighted by atomic mass is 32.1. The lowest BCUT2D eigenvalue weighted by Gasteiger charge is -2.17. The molecule has 0 saturated carbocycles. The highest BCUT2D eigenvalue weighted by Crippen LogP contribution is 2.43. The Morgan fingerprint density at radius 3 is 2.47 bits per heavy atom. The third-order valence-electron chi connectivity index (χ3n) is 2.90. The fraction of sp³-hybridized carbons (Fsp3) is 0.143. The minimum Gasteiger partial charge on any atom is -0.421 e. The smallest absolute Gasteiger partial charge is 0.408 e. The molecule has 3 nitrogen and oxygen atoms in total. The van der Waals surface area contributed by atoms with Gasteiger partial charge in [-0.2, -0.15) is 0 Å². The molecule has 1 unspecified atom stereocenters. The van der Waals surface area contributed by atoms with Gasteiger partial charge in [0.1, 0.15) is 5.75 Å². The molecule has 2 aromatic carbocycles. The standard InChI is InChI=1S/C14H15O3PS/c1-10-6-3-4-7-12(10)17-18(15,16)13-8-5-9-14(19)11(13)2/h3-9,19H,1-2H3,(H,15,16). The van der Waals surface area contributed by atoms with Crippen molar-refractivity contribution in [1.29, 1.82) is 0 Å². The molecule has 0 amide bonds. The Balaban J connectivity index is 2.41. The Labute approximate surface area is 118 Å². The zero-order chi connectivity index (χ0) is 14.0. The van der Waals surface area contributed by atoms with Crippen LogP contribution in [0, 0.1) is 13.8 Å². The van der Waals surface area contributed by atoms with Crippen molar-refractivity contribution >= 4 is 25.5 Å². The molecule has 0 radical (unpaired) electrons. The lowest BCUT2D eigenvalue weighted by molar-refractivity contribution is 0.392. The van der Waals surface area contributed by atoms with Crippen molar-refractivity contribution in [3.63, 3.8) is 0 Å². The highest BCUT2D eigenvalue weighted by Gasteiger charge is 2.27. The van der Waals surface area contributed by atoms with Crippen LogP contribution in [0.5, 0.6) is 5.75 Å². The van der Waals surface area contributed by atoms with Crippen LogP contribution in [0.25, 0.3) is 0 Å². The third-order valence-corrected chi connectivity index (χ3v) is 4.92. The van der Waals surface area contributed by atoms with E-state index < -0.39 is 7.60 Å². The molecular formula is C14H15O3PS. The SMILES string of the molecule is Cc1ccccc1OP(=O)(O)c1cccc(S)c1C. The molecule has 100 valence electrons. The normalized spacial score (nSPS) is 13.9. The summed E-state index contributed by atoms with van der Waals surface area (Å²) in [7, 11) is -3.91. The van der Waals surface area contributed by atoms with Crippen LogP contribution in [0.1, 0.15) is 11.1 Å². The minimum atomic E-state index is -3.91. The molecule has 0 fully saturated rings. The van der Waals surface area contributed by atoms with Gasteiger partial charge in [-0.15, -0.1) is 12.6 Å². The highest BCUT2D eigenvalue weighted by molar-refractivity contribution is 7.80. The van der Waals surface area contributed by atoms with Gasteiger partial charge in [0, 0.05) is 4.90 Å². The van der Waals surface area contributed by atoms with E-state index in [4.69, 9.17) is 4.52 Å². The maximum atomic E-state index is 12.4. The van der Waals surface area contributed by atoms with Gasteiger partial charge in [0.05, 0.1) is 5.30 Å². The van der Waals surface area contributed by atoms with E-state index in [1.807, 2.05) is 19.1 Å². The molecule has 19 heavy (non-hydrogen) atoms. The van der Waals surface area contributed by atoms with Crippen LogP contribution in [0.3, 0.4) is 0 Å². The Hall–Kier alpha value is -1.22. The molecular weight excluding hydrogens is 279 g/mol. The van der Waals surface area contributed by atoms with Crippen LogP contribution in [-0.2, 0) is 4.57 Å². The fourth-order valence-corrected chi connectivity index (χ4v) is 3.44. The minimum absolute atomic E-state index is 0.281. The second kappa shape index (κ2) is 5.41. The number of para-hydroxylation sites is 1. The van der Waals surface area contributed by atoms with Crippen LogP contribution in [0.2, 0.25) is 0 Å². The zero-order valence-corrected chi connectivity index (χ0v) is 12.5. The van der Waals surface area contributed by atoms with E-state index in [-0.39, 0.29) is 5.30 Å². The fourth-order valence-electron chi connectivity index (χ4n) is 1.76. The van der Waals surface area contributed by atoms with Gasteiger partial charge >= 0.3 is 7.60 Å². The summed E-state index contributed by atoms with van der Waals surface area (Å²) in [5.74, 6) is 0.414. The van der Waals surface area contributed by atoms with Crippen LogP contribution >= 0.6 is 20.2 Å². The molecule has 2 rings (SSSR count). The predicted molar refractivity (Wildman–Crippen MR) is 79.7 cm³/mol. The van der Waals surface area contributed by atoms with Crippen LogP contribution in [-0.4, -0.2) is 4.89 Å². The number of hydrogen-bond donors (Lipinski definition) is 2. The maximum Gasteiger partial charge on any atom is 0.408 e. The van der Waals surface area contributed by atoms with Crippen molar-refractivity contribution in [1.82, 2.24) is 0 Å². The first-order chi connectivity index (χ1) is 8.92. The number of rotatable bonds is 3. The monoisotopic (exact) mass is 294 g/mol. The Kier molecular flexibility index (Phi) is 4.04. The number of hydrogen-bond acceptors (Lipinski definition) is 3. The largest absolute Gasteiger partial charge is 0.421 e. The molecule has 0 saturated heterocycles. The molecule has 0 aliphatic rings. The summed E-state index contributed by atoms with van der Waals surface area (Å²) in [5, 5.41) is 0.281. The summed E-state index contributed by atoms with van der Waals surface area (Å²) in [6, 6.07) is 12.2. The summed E-state index contributed by atoms with van der Waals surface area (Å²) in [5.41, 5.74) is 1.47. The zero-order valence-electron chi connectivity index (χ0n) is 10.7. The lowest BCUT2D eigenvalue weighted by Crippen LogP contribution is -2.13. The molecule has 1 atom stereocenters. The first-order valence-corrected chi connectivity index (χ1v) is 7.81. The van der Waals surface area contributed by atoms with Crippen molar-refractivity contribution in [2.24, 2.45) is 0 Å². The van der Waals surface area contributed by atoms with Crippen LogP contribution < -0.4 is 9.83 Å². The van der Waals surface area contributed by atoms with Crippen molar-refractivity contribution in [2.75, 3.05) is 0 Å². The van der Waals surface area contributed by atoms with Crippen molar-refractivity contribution in [3.8, 4) is 5.75 Å². The van der Waals surface area contributed by atoms with E-state index in [0.29, 0.717) is 16.2 Å². The van der Waals surface area contributed by atoms with Gasteiger partial charge in [-0.3, -0.25) is 0 Å². The second-order valence-electron chi connectivity index (χ2n) is 4.30. The van der Waals surface area contributed by atoms with Gasteiger partial charge in [-0.05, 0) is 43.2 Å². The van der Waals surface area contributed by atoms with Crippen LogP contribution in [0.15, 0.2) is 47.4 Å². The van der Waals surface area contributed by atoms with Crippen molar-refractivity contribution in [3.05, 3.63) is 53.6 Å². The lowest BCUT2D eigenvalue weighted by atomic mass is 10.2. The molecule has 0 aromatic heterocycles. The molecule has 0 spiro atoms. The van der Waals surface area contributed by atoms with Gasteiger partial charge in [0.15, 0.2) is 0 Å². The first kappa shape index (κ1) is 14.2. The molecule has 0 heterocycles. The van der Waals surface area contributed by atoms with E-state index >= 15 is 0 Å². The van der Waals surface area contributed by atoms with E-state index in [1.54, 1.807) is 37.3 Å². The number of aryl methyl sites for hydroxylation is 1. The van der Waals surface area contributed by atoms with E-state index in [2.05, 4.69) is 12.6 Å². The Morgan fingerprint density at radius 1 is 1.11 bits per heavy atom. The van der Waals surface area contributed by atoms with Gasteiger partial charge in [0.25, 0.3) is 0 Å². The van der Waals surface area contributed by atoms with Crippen molar-refractivity contribution in [2.45, 2.75) is 18.7 Å². The van der Waals surface area contributed by atoms with E-state index in [1.165, 1.54) is 0 Å². The number of benzene rings is 2. The van der Waals surface area contributed by atoms with E-state index in [0.717, 1.165) is 5.56 Å². The molecule has 0 aliphatic carbocycles. The van der Waals surface area contributed by atoms with Gasteiger partial charge in [-0.25, -0.2) is 4.57 Å². The Morgan fingerprint density at radius 2 is 1.79 bits per heavy atom. The summed E-state index contributed by atoms with van der Waals surface area (Å²) in [6.07, 6.45) is 0. The topological polar surface area (TPSA) is 46.5 Å². The summed E-state index contributed by atoms with van der Waals surface area (Å²) in [4.78, 5) is 10.8. The van der Waals surface area contributed by atoms with Crippen LogP contribution in [0.4, 0.5) is 0 Å². The first-order valence-electron chi connectivity index (χ1n) is 5.79. The second-order valence-corrected chi connectivity index (χ2v) is 6.49. The van der Waals surface area contributed by atoms with Gasteiger partial charge < -0.3 is 9.42 Å². The Bertz CT molecular complexity index is 655. The third kappa shape index (κ3) is 3.03. The quantitative estimate of drug-likeness (QED) is 0.673.